The summed E-state index contributed by atoms with van der Waals surface area (Å²) in [4.78, 5) is 18.9. The van der Waals surface area contributed by atoms with Gasteiger partial charge in [0.15, 0.2) is 0 Å². The molecule has 5 nitrogen and oxygen atoms in total. The highest BCUT2D eigenvalue weighted by Crippen LogP contribution is 2.58. The van der Waals surface area contributed by atoms with E-state index in [2.05, 4.69) is 4.90 Å². The van der Waals surface area contributed by atoms with Crippen molar-refractivity contribution in [1.29, 1.82) is 0 Å². The van der Waals surface area contributed by atoms with Crippen molar-refractivity contribution in [3.05, 3.63) is 42.0 Å². The summed E-state index contributed by atoms with van der Waals surface area (Å²) in [6, 6.07) is 11.4. The normalized spacial score (nSPS) is 24.6. The number of aromatic hydroxyl groups is 1. The van der Waals surface area contributed by atoms with Crippen LogP contribution in [-0.2, 0) is 9.53 Å². The molecule has 1 aromatic heterocycles. The van der Waals surface area contributed by atoms with Gasteiger partial charge in [-0.05, 0) is 43.0 Å². The lowest BCUT2D eigenvalue weighted by Crippen LogP contribution is -2.29. The van der Waals surface area contributed by atoms with Crippen LogP contribution in [0.15, 0.2) is 36.4 Å². The van der Waals surface area contributed by atoms with Gasteiger partial charge in [0.05, 0.1) is 18.2 Å². The first-order valence-electron chi connectivity index (χ1n) is 8.14. The van der Waals surface area contributed by atoms with E-state index < -0.39 is 0 Å². The van der Waals surface area contributed by atoms with Gasteiger partial charge in [-0.1, -0.05) is 18.2 Å². The Balaban J connectivity index is 1.63. The number of aryl methyl sites for hydroxylation is 1. The lowest BCUT2D eigenvalue weighted by molar-refractivity contribution is -0.146. The highest BCUT2D eigenvalue weighted by Gasteiger charge is 2.66. The van der Waals surface area contributed by atoms with Crippen LogP contribution < -0.4 is 4.90 Å². The van der Waals surface area contributed by atoms with E-state index in [-0.39, 0.29) is 17.1 Å². The molecule has 0 amide bonds. The second kappa shape index (κ2) is 5.23. The smallest absolute Gasteiger partial charge is 0.313 e. The van der Waals surface area contributed by atoms with Gasteiger partial charge in [-0.3, -0.25) is 4.79 Å². The summed E-state index contributed by atoms with van der Waals surface area (Å²) < 4.78 is 4.97. The molecule has 2 heterocycles. The van der Waals surface area contributed by atoms with Crippen LogP contribution in [0.25, 0.3) is 11.3 Å². The van der Waals surface area contributed by atoms with Crippen molar-refractivity contribution in [3.63, 3.8) is 0 Å². The fourth-order valence-electron chi connectivity index (χ4n) is 3.79. The molecule has 0 spiro atoms. The Morgan fingerprint density at radius 2 is 2.12 bits per heavy atom. The van der Waals surface area contributed by atoms with Gasteiger partial charge in [0.1, 0.15) is 11.6 Å². The molecule has 5 heteroatoms. The zero-order valence-electron chi connectivity index (χ0n) is 13.8. The number of aromatic nitrogens is 1. The number of carbonyl (C=O) groups is 1. The average Bonchev–Trinajstić information content (AvgIpc) is 3.18. The van der Waals surface area contributed by atoms with Gasteiger partial charge >= 0.3 is 5.97 Å². The van der Waals surface area contributed by atoms with Gasteiger partial charge in [-0.15, -0.1) is 0 Å². The minimum atomic E-state index is -0.335. The summed E-state index contributed by atoms with van der Waals surface area (Å²) in [6.45, 7) is 3.35. The summed E-state index contributed by atoms with van der Waals surface area (Å²) in [7, 11) is 1.45. The first kappa shape index (κ1) is 15.0. The van der Waals surface area contributed by atoms with Crippen molar-refractivity contribution in [2.75, 3.05) is 25.1 Å². The molecule has 1 N–H and O–H groups in total. The van der Waals surface area contributed by atoms with Gasteiger partial charge in [0.25, 0.3) is 0 Å². The molecule has 24 heavy (non-hydrogen) atoms. The van der Waals surface area contributed by atoms with Crippen molar-refractivity contribution >= 4 is 11.8 Å². The molecule has 1 aliphatic heterocycles. The van der Waals surface area contributed by atoms with Crippen LogP contribution >= 0.6 is 0 Å². The molecular weight excluding hydrogens is 304 g/mol. The van der Waals surface area contributed by atoms with E-state index in [0.717, 1.165) is 35.6 Å². The van der Waals surface area contributed by atoms with E-state index in [9.17, 15) is 9.90 Å². The topological polar surface area (TPSA) is 62.7 Å². The monoisotopic (exact) mass is 324 g/mol. The van der Waals surface area contributed by atoms with Crippen LogP contribution in [0.3, 0.4) is 0 Å². The number of ether oxygens (including phenoxy) is 1. The van der Waals surface area contributed by atoms with Gasteiger partial charge in [-0.2, -0.15) is 0 Å². The number of benzene rings is 1. The lowest BCUT2D eigenvalue weighted by Gasteiger charge is -2.21. The molecule has 2 fully saturated rings. The largest absolute Gasteiger partial charge is 0.507 e. The maximum atomic E-state index is 12.0. The summed E-state index contributed by atoms with van der Waals surface area (Å²) in [5.41, 5.74) is 1.95. The summed E-state index contributed by atoms with van der Waals surface area (Å²) in [6.07, 6.45) is 0.911. The minimum Gasteiger partial charge on any atom is -0.507 e. The quantitative estimate of drug-likeness (QED) is 0.880. The third kappa shape index (κ3) is 2.15. The fraction of sp³-hybridized carbons (Fsp3) is 0.368. The molecule has 1 saturated carbocycles. The number of carbonyl (C=O) groups excluding carboxylic acids is 1. The molecule has 1 aliphatic carbocycles. The molecule has 2 aliphatic rings. The van der Waals surface area contributed by atoms with E-state index >= 15 is 0 Å². The predicted octanol–water partition coefficient (Wildman–Crippen LogP) is 2.76. The Morgan fingerprint density at radius 3 is 2.92 bits per heavy atom. The first-order chi connectivity index (χ1) is 11.5. The first-order valence-corrected chi connectivity index (χ1v) is 8.14. The minimum absolute atomic E-state index is 0.109. The molecule has 1 aromatic carbocycles. The maximum Gasteiger partial charge on any atom is 0.313 e. The van der Waals surface area contributed by atoms with Gasteiger partial charge < -0.3 is 14.7 Å². The third-order valence-corrected chi connectivity index (χ3v) is 5.31. The second-order valence-corrected chi connectivity index (χ2v) is 6.78. The number of anilines is 1. The number of hydrogen-bond acceptors (Lipinski definition) is 5. The third-order valence-electron chi connectivity index (χ3n) is 5.31. The van der Waals surface area contributed by atoms with Crippen LogP contribution in [0.2, 0.25) is 0 Å². The van der Waals surface area contributed by atoms with E-state index in [1.54, 1.807) is 0 Å². The molecule has 1 unspecified atom stereocenters. The fourth-order valence-corrected chi connectivity index (χ4v) is 3.79. The Morgan fingerprint density at radius 1 is 1.33 bits per heavy atom. The van der Waals surface area contributed by atoms with E-state index in [0.29, 0.717) is 12.5 Å². The lowest BCUT2D eigenvalue weighted by atomic mass is 10.1. The number of methoxy groups -OCH3 is 1. The number of esters is 1. The van der Waals surface area contributed by atoms with E-state index in [4.69, 9.17) is 9.72 Å². The number of rotatable bonds is 3. The Bertz CT molecular complexity index is 820. The van der Waals surface area contributed by atoms with Crippen molar-refractivity contribution < 1.29 is 14.6 Å². The Labute approximate surface area is 140 Å². The molecule has 2 aromatic rings. The zero-order chi connectivity index (χ0) is 16.9. The number of piperidine rings is 1. The number of fused-ring (bicyclic) bond motifs is 1. The van der Waals surface area contributed by atoms with E-state index in [1.165, 1.54) is 7.11 Å². The van der Waals surface area contributed by atoms with Gasteiger partial charge in [0, 0.05) is 18.7 Å². The summed E-state index contributed by atoms with van der Waals surface area (Å²) in [5, 5.41) is 10.3. The van der Waals surface area contributed by atoms with E-state index in [1.807, 2.05) is 43.3 Å². The molecular formula is C19H20N2O3. The van der Waals surface area contributed by atoms with Crippen LogP contribution in [0.1, 0.15) is 12.0 Å². The number of pyridine rings is 1. The molecule has 0 bridgehead atoms. The van der Waals surface area contributed by atoms with Crippen LogP contribution in [0, 0.1) is 18.3 Å². The predicted molar refractivity (Wildman–Crippen MR) is 90.8 cm³/mol. The molecule has 2 atom stereocenters. The Kier molecular flexibility index (Phi) is 3.27. The number of para-hydroxylation sites is 1. The molecule has 1 saturated heterocycles. The standard InChI is InChI=1S/C19H20N2O3/c1-12-5-3-6-14(17(12)22)15-7-4-8-16(20-15)21-10-13-9-19(13,11-21)18(23)24-2/h3-8,13,22H,9-11H2,1-2H3/t13?,19-/m0/s1. The number of hydrogen-bond donors (Lipinski definition) is 1. The highest BCUT2D eigenvalue weighted by atomic mass is 16.5. The van der Waals surface area contributed by atoms with Gasteiger partial charge in [0.2, 0.25) is 0 Å². The second-order valence-electron chi connectivity index (χ2n) is 6.78. The van der Waals surface area contributed by atoms with Crippen LogP contribution in [-0.4, -0.2) is 36.3 Å². The number of phenolic OH excluding ortho intramolecular Hbond substituents is 1. The molecule has 124 valence electrons. The number of phenols is 1. The molecule has 0 radical (unpaired) electrons. The summed E-state index contributed by atoms with van der Waals surface area (Å²) in [5.74, 6) is 1.35. The average molecular weight is 324 g/mol. The van der Waals surface area contributed by atoms with Crippen molar-refractivity contribution in [2.24, 2.45) is 11.3 Å². The van der Waals surface area contributed by atoms with Gasteiger partial charge in [-0.25, -0.2) is 4.98 Å². The van der Waals surface area contributed by atoms with Crippen molar-refractivity contribution in [2.45, 2.75) is 13.3 Å². The van der Waals surface area contributed by atoms with Crippen LogP contribution in [0.5, 0.6) is 5.75 Å². The molecule has 4 rings (SSSR count). The zero-order valence-corrected chi connectivity index (χ0v) is 13.8. The number of nitrogens with zero attached hydrogens (tertiary/aromatic N) is 2. The SMILES string of the molecule is COC(=O)[C@]12CC1CN(c1cccc(-c3cccc(C)c3O)n1)C2. The van der Waals surface area contributed by atoms with Crippen LogP contribution in [0.4, 0.5) is 5.82 Å². The summed E-state index contributed by atoms with van der Waals surface area (Å²) >= 11 is 0. The van der Waals surface area contributed by atoms with Crippen molar-refractivity contribution in [3.8, 4) is 17.0 Å². The Hall–Kier alpha value is -2.56. The highest BCUT2D eigenvalue weighted by molar-refractivity contribution is 5.83. The van der Waals surface area contributed by atoms with Crippen molar-refractivity contribution in [1.82, 2.24) is 4.98 Å². The maximum absolute atomic E-state index is 12.0.